The number of aromatic nitrogens is 2. The van der Waals surface area contributed by atoms with Crippen molar-refractivity contribution in [1.82, 2.24) is 9.97 Å². The van der Waals surface area contributed by atoms with E-state index in [9.17, 15) is 0 Å². The van der Waals surface area contributed by atoms with E-state index in [1.807, 2.05) is 12.3 Å². The fourth-order valence-electron chi connectivity index (χ4n) is 1.96. The second-order valence-electron chi connectivity index (χ2n) is 4.01. The Hall–Kier alpha value is -1.56. The Kier molecular flexibility index (Phi) is 2.69. The van der Waals surface area contributed by atoms with Gasteiger partial charge in [0, 0.05) is 10.3 Å². The molecule has 0 N–H and O–H groups in total. The Morgan fingerprint density at radius 2 is 1.68 bits per heavy atom. The van der Waals surface area contributed by atoms with Gasteiger partial charge in [-0.1, -0.05) is 12.1 Å². The SMILES string of the molecule is c1csc(-c2cnc3c(-c4cccs4)scc3n2)c1. The molecule has 0 radical (unpaired) electrons. The maximum atomic E-state index is 4.71. The molecule has 19 heavy (non-hydrogen) atoms. The van der Waals surface area contributed by atoms with E-state index < -0.39 is 0 Å². The van der Waals surface area contributed by atoms with Crippen molar-refractivity contribution in [2.45, 2.75) is 0 Å². The highest BCUT2D eigenvalue weighted by Gasteiger charge is 2.11. The van der Waals surface area contributed by atoms with Crippen LogP contribution in [0.5, 0.6) is 0 Å². The molecule has 5 heteroatoms. The summed E-state index contributed by atoms with van der Waals surface area (Å²) < 4.78 is 0. The monoisotopic (exact) mass is 300 g/mol. The zero-order chi connectivity index (χ0) is 12.7. The van der Waals surface area contributed by atoms with Crippen LogP contribution in [0.15, 0.2) is 46.6 Å². The molecule has 0 bridgehead atoms. The summed E-state index contributed by atoms with van der Waals surface area (Å²) in [5, 5.41) is 6.24. The highest BCUT2D eigenvalue weighted by molar-refractivity contribution is 7.21. The van der Waals surface area contributed by atoms with Crippen molar-refractivity contribution in [3.05, 3.63) is 46.6 Å². The third-order valence-corrected chi connectivity index (χ3v) is 5.72. The number of hydrogen-bond donors (Lipinski definition) is 0. The molecule has 0 spiro atoms. The molecule has 0 saturated carbocycles. The predicted molar refractivity (Wildman–Crippen MR) is 84.0 cm³/mol. The summed E-state index contributed by atoms with van der Waals surface area (Å²) in [5.41, 5.74) is 2.95. The van der Waals surface area contributed by atoms with Crippen LogP contribution in [-0.2, 0) is 0 Å². The van der Waals surface area contributed by atoms with E-state index >= 15 is 0 Å². The molecular weight excluding hydrogens is 292 g/mol. The zero-order valence-corrected chi connectivity index (χ0v) is 12.2. The van der Waals surface area contributed by atoms with Crippen LogP contribution in [0.3, 0.4) is 0 Å². The van der Waals surface area contributed by atoms with E-state index in [0.29, 0.717) is 0 Å². The summed E-state index contributed by atoms with van der Waals surface area (Å²) in [4.78, 5) is 13.0. The van der Waals surface area contributed by atoms with Crippen LogP contribution < -0.4 is 0 Å². The highest BCUT2D eigenvalue weighted by atomic mass is 32.1. The summed E-state index contributed by atoms with van der Waals surface area (Å²) in [5.74, 6) is 0. The second-order valence-corrected chi connectivity index (χ2v) is 6.78. The molecule has 0 amide bonds. The van der Waals surface area contributed by atoms with Crippen molar-refractivity contribution in [2.24, 2.45) is 0 Å². The van der Waals surface area contributed by atoms with Gasteiger partial charge in [0.2, 0.25) is 0 Å². The molecule has 0 aliphatic rings. The lowest BCUT2D eigenvalue weighted by Gasteiger charge is -1.97. The molecule has 0 saturated heterocycles. The molecule has 4 heterocycles. The fourth-order valence-corrected chi connectivity index (χ4v) is 4.44. The van der Waals surface area contributed by atoms with Crippen LogP contribution in [0.4, 0.5) is 0 Å². The van der Waals surface area contributed by atoms with Crippen LogP contribution in [0.25, 0.3) is 31.4 Å². The number of hydrogen-bond acceptors (Lipinski definition) is 5. The Morgan fingerprint density at radius 1 is 0.895 bits per heavy atom. The smallest absolute Gasteiger partial charge is 0.108 e. The van der Waals surface area contributed by atoms with Gasteiger partial charge >= 0.3 is 0 Å². The summed E-state index contributed by atoms with van der Waals surface area (Å²) >= 11 is 5.15. The van der Waals surface area contributed by atoms with Crippen molar-refractivity contribution in [3.8, 4) is 20.3 Å². The number of fused-ring (bicyclic) bond motifs is 1. The first-order valence-electron chi connectivity index (χ1n) is 5.74. The molecule has 0 unspecified atom stereocenters. The van der Waals surface area contributed by atoms with Crippen LogP contribution in [0, 0.1) is 0 Å². The van der Waals surface area contributed by atoms with Gasteiger partial charge in [-0.25, -0.2) is 4.98 Å². The lowest BCUT2D eigenvalue weighted by Crippen LogP contribution is -1.84. The van der Waals surface area contributed by atoms with E-state index in [-0.39, 0.29) is 0 Å². The van der Waals surface area contributed by atoms with Crippen molar-refractivity contribution in [2.75, 3.05) is 0 Å². The topological polar surface area (TPSA) is 25.8 Å². The van der Waals surface area contributed by atoms with Crippen molar-refractivity contribution >= 4 is 45.0 Å². The van der Waals surface area contributed by atoms with Crippen LogP contribution in [-0.4, -0.2) is 9.97 Å². The molecule has 4 aromatic rings. The van der Waals surface area contributed by atoms with Gasteiger partial charge in [-0.05, 0) is 22.9 Å². The number of thiophene rings is 3. The number of rotatable bonds is 2. The average Bonchev–Trinajstić information content (AvgIpc) is 3.18. The minimum absolute atomic E-state index is 0.957. The van der Waals surface area contributed by atoms with Crippen LogP contribution >= 0.6 is 34.0 Å². The van der Waals surface area contributed by atoms with E-state index in [2.05, 4.69) is 39.3 Å². The average molecular weight is 300 g/mol. The van der Waals surface area contributed by atoms with E-state index in [1.54, 1.807) is 34.0 Å². The lowest BCUT2D eigenvalue weighted by atomic mass is 10.3. The van der Waals surface area contributed by atoms with Gasteiger partial charge in [0.1, 0.15) is 11.0 Å². The minimum Gasteiger partial charge on any atom is -0.251 e. The normalized spacial score (nSPS) is 11.2. The van der Waals surface area contributed by atoms with E-state index in [0.717, 1.165) is 16.7 Å². The first kappa shape index (κ1) is 11.3. The Labute approximate surface area is 122 Å². The summed E-state index contributed by atoms with van der Waals surface area (Å²) in [6.07, 6.45) is 1.87. The molecule has 0 aliphatic heterocycles. The molecule has 4 aromatic heterocycles. The Bertz CT molecular complexity index is 814. The Morgan fingerprint density at radius 3 is 2.42 bits per heavy atom. The lowest BCUT2D eigenvalue weighted by molar-refractivity contribution is 1.32. The van der Waals surface area contributed by atoms with Gasteiger partial charge in [-0.3, -0.25) is 4.98 Å². The molecule has 2 nitrogen and oxygen atoms in total. The maximum Gasteiger partial charge on any atom is 0.108 e. The predicted octanol–water partition coefficient (Wildman–Crippen LogP) is 5.15. The molecule has 4 rings (SSSR count). The largest absolute Gasteiger partial charge is 0.251 e. The fraction of sp³-hybridized carbons (Fsp3) is 0. The summed E-state index contributed by atoms with van der Waals surface area (Å²) in [7, 11) is 0. The molecule has 0 fully saturated rings. The van der Waals surface area contributed by atoms with Gasteiger partial charge in [0.05, 0.1) is 21.6 Å². The van der Waals surface area contributed by atoms with Gasteiger partial charge in [-0.2, -0.15) is 0 Å². The van der Waals surface area contributed by atoms with E-state index in [1.165, 1.54) is 14.6 Å². The van der Waals surface area contributed by atoms with Crippen LogP contribution in [0.1, 0.15) is 0 Å². The van der Waals surface area contributed by atoms with Crippen molar-refractivity contribution in [3.63, 3.8) is 0 Å². The molecule has 0 aliphatic carbocycles. The van der Waals surface area contributed by atoms with Crippen molar-refractivity contribution < 1.29 is 0 Å². The minimum atomic E-state index is 0.957. The third-order valence-electron chi connectivity index (χ3n) is 2.82. The second kappa shape index (κ2) is 4.52. The van der Waals surface area contributed by atoms with Crippen LogP contribution in [0.2, 0.25) is 0 Å². The Balaban J connectivity index is 1.89. The van der Waals surface area contributed by atoms with Crippen molar-refractivity contribution in [1.29, 1.82) is 0 Å². The molecule has 92 valence electrons. The van der Waals surface area contributed by atoms with Gasteiger partial charge in [0.25, 0.3) is 0 Å². The zero-order valence-electron chi connectivity index (χ0n) is 9.74. The molecule has 0 aromatic carbocycles. The van der Waals surface area contributed by atoms with Gasteiger partial charge in [-0.15, -0.1) is 34.0 Å². The molecular formula is C14H8N2S3. The van der Waals surface area contributed by atoms with Gasteiger partial charge < -0.3 is 0 Å². The molecule has 0 atom stereocenters. The summed E-state index contributed by atoms with van der Waals surface area (Å²) in [6.45, 7) is 0. The van der Waals surface area contributed by atoms with E-state index in [4.69, 9.17) is 4.98 Å². The first-order valence-corrected chi connectivity index (χ1v) is 8.38. The third kappa shape index (κ3) is 1.90. The standard InChI is InChI=1S/C14H8N2S3/c1-3-11(17-5-1)9-7-15-13-10(16-9)8-19-14(13)12-4-2-6-18-12/h1-8H. The highest BCUT2D eigenvalue weighted by Crippen LogP contribution is 2.36. The van der Waals surface area contributed by atoms with Gasteiger partial charge in [0.15, 0.2) is 0 Å². The first-order chi connectivity index (χ1) is 9.42. The number of nitrogens with zero attached hydrogens (tertiary/aromatic N) is 2. The summed E-state index contributed by atoms with van der Waals surface area (Å²) in [6, 6.07) is 8.31. The quantitative estimate of drug-likeness (QED) is 0.512. The maximum absolute atomic E-state index is 4.71.